The van der Waals surface area contributed by atoms with Crippen molar-refractivity contribution in [3.63, 3.8) is 0 Å². The zero-order valence-electron chi connectivity index (χ0n) is 9.06. The lowest BCUT2D eigenvalue weighted by molar-refractivity contribution is 0.170. The molecule has 4 nitrogen and oxygen atoms in total. The van der Waals surface area contributed by atoms with Crippen LogP contribution in [0.15, 0.2) is 0 Å². The van der Waals surface area contributed by atoms with Crippen LogP contribution < -0.4 is 10.6 Å². The predicted octanol–water partition coefficient (Wildman–Crippen LogP) is 1.26. The third-order valence-electron chi connectivity index (χ3n) is 2.45. The highest BCUT2D eigenvalue weighted by molar-refractivity contribution is 5.74. The number of ether oxygens (including phenoxy) is 1. The van der Waals surface area contributed by atoms with Crippen molar-refractivity contribution in [1.29, 1.82) is 0 Å². The van der Waals surface area contributed by atoms with Crippen molar-refractivity contribution in [3.8, 4) is 0 Å². The first-order valence-electron chi connectivity index (χ1n) is 5.30. The zero-order valence-corrected chi connectivity index (χ0v) is 9.06. The molecule has 1 rings (SSSR count). The highest BCUT2D eigenvalue weighted by Crippen LogP contribution is 2.16. The van der Waals surface area contributed by atoms with Crippen LogP contribution in [0, 0.1) is 0 Å². The maximum Gasteiger partial charge on any atom is 0.315 e. The molecule has 1 aliphatic heterocycles. The van der Waals surface area contributed by atoms with E-state index in [4.69, 9.17) is 4.74 Å². The van der Waals surface area contributed by atoms with E-state index in [9.17, 15) is 4.79 Å². The maximum atomic E-state index is 11.4. The van der Waals surface area contributed by atoms with Crippen molar-refractivity contribution >= 4 is 6.03 Å². The topological polar surface area (TPSA) is 50.4 Å². The second-order valence-corrected chi connectivity index (χ2v) is 4.10. The number of urea groups is 1. The van der Waals surface area contributed by atoms with Crippen LogP contribution in [0.5, 0.6) is 0 Å². The molecule has 1 aliphatic rings. The van der Waals surface area contributed by atoms with E-state index in [1.807, 2.05) is 6.92 Å². The Morgan fingerprint density at radius 1 is 1.57 bits per heavy atom. The molecule has 1 heterocycles. The molecule has 0 aromatic heterocycles. The van der Waals surface area contributed by atoms with Gasteiger partial charge in [0.1, 0.15) is 0 Å². The molecule has 1 atom stereocenters. The summed E-state index contributed by atoms with van der Waals surface area (Å²) >= 11 is 0. The van der Waals surface area contributed by atoms with Gasteiger partial charge in [0.25, 0.3) is 0 Å². The second kappa shape index (κ2) is 5.20. The standard InChI is InChI=1S/C10H20N2O2/c1-3-4-6-11-9(13)12-10(2)5-7-14-8-10/h3-8H2,1-2H3,(H2,11,12,13). The van der Waals surface area contributed by atoms with E-state index < -0.39 is 0 Å². The summed E-state index contributed by atoms with van der Waals surface area (Å²) in [5.41, 5.74) is -0.170. The summed E-state index contributed by atoms with van der Waals surface area (Å²) in [7, 11) is 0. The molecule has 0 bridgehead atoms. The van der Waals surface area contributed by atoms with Gasteiger partial charge in [0, 0.05) is 13.2 Å². The molecule has 1 fully saturated rings. The van der Waals surface area contributed by atoms with E-state index in [-0.39, 0.29) is 11.6 Å². The lowest BCUT2D eigenvalue weighted by Gasteiger charge is -2.23. The Kier molecular flexibility index (Phi) is 4.20. The quantitative estimate of drug-likeness (QED) is 0.671. The molecule has 0 aromatic rings. The SMILES string of the molecule is CCCCNC(=O)NC1(C)CCOC1. The van der Waals surface area contributed by atoms with Gasteiger partial charge in [-0.1, -0.05) is 13.3 Å². The first-order chi connectivity index (χ1) is 6.66. The fourth-order valence-electron chi connectivity index (χ4n) is 1.46. The van der Waals surface area contributed by atoms with Crippen LogP contribution >= 0.6 is 0 Å². The number of amides is 2. The molecule has 1 unspecified atom stereocenters. The van der Waals surface area contributed by atoms with Gasteiger partial charge in [0.15, 0.2) is 0 Å². The number of hydrogen-bond donors (Lipinski definition) is 2. The summed E-state index contributed by atoms with van der Waals surface area (Å²) in [5, 5.41) is 5.77. The van der Waals surface area contributed by atoms with Gasteiger partial charge >= 0.3 is 6.03 Å². The Hall–Kier alpha value is -0.770. The fraction of sp³-hybridized carbons (Fsp3) is 0.900. The fourth-order valence-corrected chi connectivity index (χ4v) is 1.46. The number of carbonyl (C=O) groups excluding carboxylic acids is 1. The number of nitrogens with one attached hydrogen (secondary N) is 2. The van der Waals surface area contributed by atoms with E-state index in [0.717, 1.165) is 32.4 Å². The molecular formula is C10H20N2O2. The van der Waals surface area contributed by atoms with Gasteiger partial charge < -0.3 is 15.4 Å². The van der Waals surface area contributed by atoms with Gasteiger partial charge in [-0.2, -0.15) is 0 Å². The number of unbranched alkanes of at least 4 members (excludes halogenated alkanes) is 1. The van der Waals surface area contributed by atoms with Gasteiger partial charge in [0.2, 0.25) is 0 Å². The smallest absolute Gasteiger partial charge is 0.315 e. The molecule has 0 saturated carbocycles. The summed E-state index contributed by atoms with van der Waals surface area (Å²) in [4.78, 5) is 11.4. The summed E-state index contributed by atoms with van der Waals surface area (Å²) in [5.74, 6) is 0. The summed E-state index contributed by atoms with van der Waals surface area (Å²) in [6.07, 6.45) is 3.02. The van der Waals surface area contributed by atoms with Gasteiger partial charge in [-0.15, -0.1) is 0 Å². The summed E-state index contributed by atoms with van der Waals surface area (Å²) in [6.45, 7) is 6.23. The monoisotopic (exact) mass is 200 g/mol. The number of hydrogen-bond acceptors (Lipinski definition) is 2. The van der Waals surface area contributed by atoms with E-state index in [1.165, 1.54) is 0 Å². The molecule has 82 valence electrons. The molecule has 0 radical (unpaired) electrons. The van der Waals surface area contributed by atoms with Crippen LogP contribution in [-0.4, -0.2) is 31.3 Å². The molecule has 0 aliphatic carbocycles. The van der Waals surface area contributed by atoms with Gasteiger partial charge in [-0.25, -0.2) is 4.79 Å². The van der Waals surface area contributed by atoms with Crippen molar-refractivity contribution in [1.82, 2.24) is 10.6 Å². The largest absolute Gasteiger partial charge is 0.379 e. The number of carbonyl (C=O) groups is 1. The van der Waals surface area contributed by atoms with Gasteiger partial charge in [0.05, 0.1) is 12.1 Å². The molecule has 2 N–H and O–H groups in total. The van der Waals surface area contributed by atoms with Crippen molar-refractivity contribution in [3.05, 3.63) is 0 Å². The third-order valence-corrected chi connectivity index (χ3v) is 2.45. The highest BCUT2D eigenvalue weighted by atomic mass is 16.5. The molecular weight excluding hydrogens is 180 g/mol. The molecule has 1 saturated heterocycles. The Bertz CT molecular complexity index is 189. The molecule has 0 aromatic carbocycles. The normalized spacial score (nSPS) is 26.1. The summed E-state index contributed by atoms with van der Waals surface area (Å²) in [6, 6.07) is -0.0774. The minimum atomic E-state index is -0.170. The average molecular weight is 200 g/mol. The first kappa shape index (κ1) is 11.3. The molecule has 0 spiro atoms. The van der Waals surface area contributed by atoms with Crippen molar-refractivity contribution in [2.75, 3.05) is 19.8 Å². The minimum absolute atomic E-state index is 0.0774. The zero-order chi connectivity index (χ0) is 10.4. The average Bonchev–Trinajstić information content (AvgIpc) is 2.52. The van der Waals surface area contributed by atoms with Gasteiger partial charge in [-0.05, 0) is 19.8 Å². The Morgan fingerprint density at radius 3 is 2.93 bits per heavy atom. The van der Waals surface area contributed by atoms with Crippen molar-refractivity contribution in [2.24, 2.45) is 0 Å². The van der Waals surface area contributed by atoms with Crippen LogP contribution in [0.4, 0.5) is 4.79 Å². The highest BCUT2D eigenvalue weighted by Gasteiger charge is 2.30. The van der Waals surface area contributed by atoms with Crippen molar-refractivity contribution < 1.29 is 9.53 Å². The Labute approximate surface area is 85.4 Å². The lowest BCUT2D eigenvalue weighted by Crippen LogP contribution is -2.50. The van der Waals surface area contributed by atoms with E-state index in [0.29, 0.717) is 6.61 Å². The molecule has 2 amide bonds. The van der Waals surface area contributed by atoms with Crippen LogP contribution in [0.25, 0.3) is 0 Å². The van der Waals surface area contributed by atoms with Gasteiger partial charge in [-0.3, -0.25) is 0 Å². The summed E-state index contributed by atoms with van der Waals surface area (Å²) < 4.78 is 5.24. The molecule has 14 heavy (non-hydrogen) atoms. The Balaban J connectivity index is 2.19. The maximum absolute atomic E-state index is 11.4. The van der Waals surface area contributed by atoms with Crippen LogP contribution in [-0.2, 0) is 4.74 Å². The van der Waals surface area contributed by atoms with E-state index >= 15 is 0 Å². The lowest BCUT2D eigenvalue weighted by atomic mass is 10.0. The van der Waals surface area contributed by atoms with E-state index in [2.05, 4.69) is 17.6 Å². The van der Waals surface area contributed by atoms with E-state index in [1.54, 1.807) is 0 Å². The number of rotatable bonds is 4. The Morgan fingerprint density at radius 2 is 2.36 bits per heavy atom. The van der Waals surface area contributed by atoms with Crippen molar-refractivity contribution in [2.45, 2.75) is 38.6 Å². The van der Waals surface area contributed by atoms with Crippen LogP contribution in [0.2, 0.25) is 0 Å². The molecule has 4 heteroatoms. The third kappa shape index (κ3) is 3.54. The van der Waals surface area contributed by atoms with Crippen LogP contribution in [0.1, 0.15) is 33.1 Å². The van der Waals surface area contributed by atoms with Crippen LogP contribution in [0.3, 0.4) is 0 Å². The second-order valence-electron chi connectivity index (χ2n) is 4.10. The predicted molar refractivity (Wildman–Crippen MR) is 55.3 cm³/mol. The first-order valence-corrected chi connectivity index (χ1v) is 5.30. The minimum Gasteiger partial charge on any atom is -0.379 e.